The van der Waals surface area contributed by atoms with E-state index in [-0.39, 0.29) is 23.7 Å². The molecule has 0 heterocycles. The number of carbonyl (C=O) groups excluding carboxylic acids is 2. The van der Waals surface area contributed by atoms with Crippen LogP contribution < -0.4 is 20.1 Å². The summed E-state index contributed by atoms with van der Waals surface area (Å²) in [5.74, 6) is 0.520. The Morgan fingerprint density at radius 2 is 1.88 bits per heavy atom. The van der Waals surface area contributed by atoms with Gasteiger partial charge in [-0.25, -0.2) is 0 Å². The minimum atomic E-state index is -0.271. The van der Waals surface area contributed by atoms with E-state index < -0.39 is 0 Å². The molecule has 2 rings (SSSR count). The largest absolute Gasteiger partial charge is 0.497 e. The van der Waals surface area contributed by atoms with Crippen LogP contribution in [0.1, 0.15) is 32.6 Å². The van der Waals surface area contributed by atoms with E-state index in [0.29, 0.717) is 30.2 Å². The summed E-state index contributed by atoms with van der Waals surface area (Å²) < 4.78 is 10.4. The molecule has 2 amide bonds. The van der Waals surface area contributed by atoms with Gasteiger partial charge in [-0.05, 0) is 25.0 Å². The van der Waals surface area contributed by atoms with Crippen LogP contribution in [0.5, 0.6) is 11.5 Å². The zero-order chi connectivity index (χ0) is 17.5. The molecule has 2 unspecified atom stereocenters. The maximum Gasteiger partial charge on any atom is 0.228 e. The Bertz CT molecular complexity index is 588. The molecule has 0 saturated heterocycles. The van der Waals surface area contributed by atoms with E-state index in [1.165, 1.54) is 0 Å². The first-order valence-corrected chi connectivity index (χ1v) is 8.41. The second-order valence-corrected chi connectivity index (χ2v) is 6.00. The number of methoxy groups -OCH3 is 2. The number of hydrogen-bond acceptors (Lipinski definition) is 4. The molecule has 2 atom stereocenters. The molecule has 1 fully saturated rings. The molecule has 1 aromatic rings. The number of ether oxygens (including phenoxy) is 2. The van der Waals surface area contributed by atoms with Crippen molar-refractivity contribution in [3.63, 3.8) is 0 Å². The van der Waals surface area contributed by atoms with Gasteiger partial charge < -0.3 is 20.1 Å². The molecule has 0 radical (unpaired) electrons. The summed E-state index contributed by atoms with van der Waals surface area (Å²) in [6.45, 7) is 2.80. The van der Waals surface area contributed by atoms with Gasteiger partial charge in [-0.15, -0.1) is 0 Å². The topological polar surface area (TPSA) is 76.7 Å². The van der Waals surface area contributed by atoms with Gasteiger partial charge in [0.15, 0.2) is 0 Å². The van der Waals surface area contributed by atoms with Gasteiger partial charge in [0.05, 0.1) is 31.7 Å². The molecule has 1 aliphatic rings. The molecule has 0 bridgehead atoms. The van der Waals surface area contributed by atoms with Crippen LogP contribution in [0.4, 0.5) is 5.69 Å². The van der Waals surface area contributed by atoms with Gasteiger partial charge in [0.1, 0.15) is 11.5 Å². The lowest BCUT2D eigenvalue weighted by Crippen LogP contribution is -2.28. The highest BCUT2D eigenvalue weighted by Gasteiger charge is 2.48. The molecule has 0 aliphatic heterocycles. The molecular weight excluding hydrogens is 308 g/mol. The van der Waals surface area contributed by atoms with E-state index >= 15 is 0 Å². The SMILES string of the molecule is CCCCCNC(=O)C1CC1C(=O)Nc1cc(OC)ccc1OC. The Morgan fingerprint density at radius 3 is 2.54 bits per heavy atom. The van der Waals surface area contributed by atoms with Crippen molar-refractivity contribution in [3.05, 3.63) is 18.2 Å². The summed E-state index contributed by atoms with van der Waals surface area (Å²) in [5.41, 5.74) is 0.552. The van der Waals surface area contributed by atoms with Crippen molar-refractivity contribution in [2.24, 2.45) is 11.8 Å². The first kappa shape index (κ1) is 18.1. The van der Waals surface area contributed by atoms with Crippen molar-refractivity contribution in [2.45, 2.75) is 32.6 Å². The number of carbonyl (C=O) groups is 2. The lowest BCUT2D eigenvalue weighted by atomic mass is 10.2. The molecular formula is C18H26N2O4. The van der Waals surface area contributed by atoms with E-state index in [1.54, 1.807) is 32.4 Å². The minimum absolute atomic E-state index is 0.0242. The van der Waals surface area contributed by atoms with Gasteiger partial charge in [-0.2, -0.15) is 0 Å². The Kier molecular flexibility index (Phi) is 6.46. The predicted molar refractivity (Wildman–Crippen MR) is 92.3 cm³/mol. The zero-order valence-corrected chi connectivity index (χ0v) is 14.6. The number of hydrogen-bond donors (Lipinski definition) is 2. The van der Waals surface area contributed by atoms with E-state index in [9.17, 15) is 9.59 Å². The lowest BCUT2D eigenvalue weighted by molar-refractivity contribution is -0.125. The molecule has 0 aromatic heterocycles. The molecule has 0 spiro atoms. The van der Waals surface area contributed by atoms with Crippen molar-refractivity contribution >= 4 is 17.5 Å². The highest BCUT2D eigenvalue weighted by molar-refractivity contribution is 6.00. The molecule has 6 nitrogen and oxygen atoms in total. The highest BCUT2D eigenvalue weighted by atomic mass is 16.5. The third-order valence-corrected chi connectivity index (χ3v) is 4.21. The van der Waals surface area contributed by atoms with Gasteiger partial charge >= 0.3 is 0 Å². The van der Waals surface area contributed by atoms with Crippen LogP contribution in [0.25, 0.3) is 0 Å². The maximum atomic E-state index is 12.3. The number of anilines is 1. The monoisotopic (exact) mass is 334 g/mol. The van der Waals surface area contributed by atoms with Gasteiger partial charge in [0.25, 0.3) is 0 Å². The van der Waals surface area contributed by atoms with Crippen molar-refractivity contribution in [2.75, 3.05) is 26.1 Å². The summed E-state index contributed by atoms with van der Waals surface area (Å²) in [6.07, 6.45) is 3.79. The summed E-state index contributed by atoms with van der Waals surface area (Å²) >= 11 is 0. The standard InChI is InChI=1S/C18H26N2O4/c1-4-5-6-9-19-17(21)13-11-14(13)18(22)20-15-10-12(23-2)7-8-16(15)24-3/h7-8,10,13-14H,4-6,9,11H2,1-3H3,(H,19,21)(H,20,22). The zero-order valence-electron chi connectivity index (χ0n) is 14.6. The van der Waals surface area contributed by atoms with Gasteiger partial charge in [0.2, 0.25) is 11.8 Å². The van der Waals surface area contributed by atoms with Crippen LogP contribution in [-0.2, 0) is 9.59 Å². The van der Waals surface area contributed by atoms with Crippen LogP contribution in [0.2, 0.25) is 0 Å². The average Bonchev–Trinajstić information content (AvgIpc) is 3.39. The third-order valence-electron chi connectivity index (χ3n) is 4.21. The van der Waals surface area contributed by atoms with Crippen LogP contribution >= 0.6 is 0 Å². The van der Waals surface area contributed by atoms with Gasteiger partial charge in [-0.3, -0.25) is 9.59 Å². The fourth-order valence-corrected chi connectivity index (χ4v) is 2.63. The normalized spacial score (nSPS) is 18.6. The van der Waals surface area contributed by atoms with E-state index in [4.69, 9.17) is 9.47 Å². The lowest BCUT2D eigenvalue weighted by Gasteiger charge is -2.11. The minimum Gasteiger partial charge on any atom is -0.497 e. The smallest absolute Gasteiger partial charge is 0.228 e. The van der Waals surface area contributed by atoms with Gasteiger partial charge in [-0.1, -0.05) is 19.8 Å². The maximum absolute atomic E-state index is 12.3. The van der Waals surface area contributed by atoms with Crippen LogP contribution in [0, 0.1) is 11.8 Å². The Labute approximate surface area is 142 Å². The molecule has 1 saturated carbocycles. The number of amides is 2. The van der Waals surface area contributed by atoms with Crippen LogP contribution in [-0.4, -0.2) is 32.6 Å². The van der Waals surface area contributed by atoms with Crippen molar-refractivity contribution in [1.29, 1.82) is 0 Å². The molecule has 24 heavy (non-hydrogen) atoms. The van der Waals surface area contributed by atoms with Crippen molar-refractivity contribution < 1.29 is 19.1 Å². The van der Waals surface area contributed by atoms with E-state index in [0.717, 1.165) is 19.3 Å². The number of benzene rings is 1. The first-order valence-electron chi connectivity index (χ1n) is 8.41. The Balaban J connectivity index is 1.87. The van der Waals surface area contributed by atoms with E-state index in [1.807, 2.05) is 0 Å². The molecule has 6 heteroatoms. The van der Waals surface area contributed by atoms with Crippen LogP contribution in [0.3, 0.4) is 0 Å². The van der Waals surface area contributed by atoms with Gasteiger partial charge in [0, 0.05) is 12.6 Å². The number of rotatable bonds is 9. The quantitative estimate of drug-likeness (QED) is 0.681. The highest BCUT2D eigenvalue weighted by Crippen LogP contribution is 2.40. The fourth-order valence-electron chi connectivity index (χ4n) is 2.63. The van der Waals surface area contributed by atoms with Crippen molar-refractivity contribution in [1.82, 2.24) is 5.32 Å². The third kappa shape index (κ3) is 4.63. The number of unbranched alkanes of at least 4 members (excludes halogenated alkanes) is 2. The summed E-state index contributed by atoms with van der Waals surface area (Å²) in [5, 5.41) is 5.74. The van der Waals surface area contributed by atoms with Crippen LogP contribution in [0.15, 0.2) is 18.2 Å². The molecule has 1 aliphatic carbocycles. The molecule has 1 aromatic carbocycles. The first-order chi connectivity index (χ1) is 11.6. The Morgan fingerprint density at radius 1 is 1.12 bits per heavy atom. The summed E-state index contributed by atoms with van der Waals surface area (Å²) in [4.78, 5) is 24.4. The Hall–Kier alpha value is -2.24. The number of nitrogens with one attached hydrogen (secondary N) is 2. The summed E-state index contributed by atoms with van der Waals surface area (Å²) in [6, 6.07) is 5.20. The molecule has 132 valence electrons. The predicted octanol–water partition coefficient (Wildman–Crippen LogP) is 2.58. The average molecular weight is 334 g/mol. The fraction of sp³-hybridized carbons (Fsp3) is 0.556. The second kappa shape index (κ2) is 8.57. The van der Waals surface area contributed by atoms with Crippen molar-refractivity contribution in [3.8, 4) is 11.5 Å². The summed E-state index contributed by atoms with van der Waals surface area (Å²) in [7, 11) is 3.11. The second-order valence-electron chi connectivity index (χ2n) is 6.00. The van der Waals surface area contributed by atoms with E-state index in [2.05, 4.69) is 17.6 Å². The molecule has 2 N–H and O–H groups in total.